The standard InChI is InChI=1S/C20H24N4O6/c1-5-29-18(26)14-11(3)21-20-23-22-17(25)16(19(27)30-6-2)24(20)15(14)12-7-9-13(28-4)10-8-12/h7-10,15,27H,5-6H2,1-4H3,(H,21,23)(H,22,25)/b19-16+. The Morgan fingerprint density at radius 1 is 1.17 bits per heavy atom. The van der Waals surface area contributed by atoms with E-state index in [1.54, 1.807) is 52.1 Å². The molecular weight excluding hydrogens is 392 g/mol. The van der Waals surface area contributed by atoms with Crippen LogP contribution in [0.4, 0.5) is 0 Å². The molecule has 160 valence electrons. The van der Waals surface area contributed by atoms with Crippen LogP contribution in [0, 0.1) is 0 Å². The number of nitrogens with one attached hydrogen (secondary N) is 2. The molecule has 1 fully saturated rings. The van der Waals surface area contributed by atoms with Crippen molar-refractivity contribution in [3.05, 3.63) is 52.7 Å². The lowest BCUT2D eigenvalue weighted by Gasteiger charge is -2.41. The molecule has 0 radical (unpaired) electrons. The van der Waals surface area contributed by atoms with Gasteiger partial charge in [0.15, 0.2) is 5.70 Å². The molecule has 2 aliphatic heterocycles. The third-order valence-electron chi connectivity index (χ3n) is 4.58. The molecule has 3 rings (SSSR count). The zero-order chi connectivity index (χ0) is 21.8. The normalized spacial score (nSPS) is 19.9. The number of aliphatic imine (C=N–C) groups is 1. The van der Waals surface area contributed by atoms with Crippen molar-refractivity contribution in [2.24, 2.45) is 4.99 Å². The average molecular weight is 416 g/mol. The van der Waals surface area contributed by atoms with Crippen molar-refractivity contribution >= 4 is 17.8 Å². The van der Waals surface area contributed by atoms with E-state index in [0.717, 1.165) is 0 Å². The van der Waals surface area contributed by atoms with Gasteiger partial charge in [-0.1, -0.05) is 12.1 Å². The van der Waals surface area contributed by atoms with Crippen molar-refractivity contribution in [2.75, 3.05) is 20.3 Å². The molecular formula is C20H24N4O6. The number of allylic oxidation sites excluding steroid dienone is 1. The van der Waals surface area contributed by atoms with Crippen LogP contribution in [-0.2, 0) is 19.1 Å². The van der Waals surface area contributed by atoms with Crippen molar-refractivity contribution in [1.29, 1.82) is 0 Å². The third-order valence-corrected chi connectivity index (χ3v) is 4.58. The van der Waals surface area contributed by atoms with Crippen molar-refractivity contribution in [3.63, 3.8) is 0 Å². The van der Waals surface area contributed by atoms with Gasteiger partial charge in [-0.05, 0) is 38.5 Å². The summed E-state index contributed by atoms with van der Waals surface area (Å²) in [5.74, 6) is -0.932. The van der Waals surface area contributed by atoms with Crippen molar-refractivity contribution in [1.82, 2.24) is 15.8 Å². The number of esters is 1. The lowest BCUT2D eigenvalue weighted by molar-refractivity contribution is -0.139. The molecule has 3 N–H and O–H groups in total. The number of hydrogen-bond acceptors (Lipinski definition) is 9. The molecule has 2 heterocycles. The second kappa shape index (κ2) is 8.76. The van der Waals surface area contributed by atoms with Crippen LogP contribution in [0.25, 0.3) is 0 Å². The lowest BCUT2D eigenvalue weighted by Crippen LogP contribution is -2.60. The molecule has 10 nitrogen and oxygen atoms in total. The maximum atomic E-state index is 12.8. The van der Waals surface area contributed by atoms with Crippen LogP contribution in [0.2, 0.25) is 0 Å². The van der Waals surface area contributed by atoms with E-state index in [9.17, 15) is 14.7 Å². The number of fused-ring (bicyclic) bond motifs is 1. The number of carbonyl (C=O) groups excluding carboxylic acids is 2. The maximum Gasteiger partial charge on any atom is 0.338 e. The minimum Gasteiger partial charge on any atom is -0.497 e. The maximum absolute atomic E-state index is 12.8. The second-order valence-electron chi connectivity index (χ2n) is 6.37. The molecule has 0 bridgehead atoms. The molecule has 1 aromatic carbocycles. The zero-order valence-electron chi connectivity index (χ0n) is 17.2. The van der Waals surface area contributed by atoms with E-state index < -0.39 is 23.9 Å². The first-order chi connectivity index (χ1) is 14.4. The number of benzene rings is 1. The van der Waals surface area contributed by atoms with Gasteiger partial charge in [0, 0.05) is 0 Å². The van der Waals surface area contributed by atoms with Crippen LogP contribution in [-0.4, -0.2) is 48.2 Å². The summed E-state index contributed by atoms with van der Waals surface area (Å²) in [5.41, 5.74) is 6.28. The number of carbonyl (C=O) groups is 2. The van der Waals surface area contributed by atoms with E-state index in [-0.39, 0.29) is 30.4 Å². The van der Waals surface area contributed by atoms with Crippen LogP contribution < -0.4 is 15.6 Å². The fraction of sp³-hybridized carbons (Fsp3) is 0.350. The zero-order valence-corrected chi connectivity index (χ0v) is 17.2. The number of methoxy groups -OCH3 is 1. The van der Waals surface area contributed by atoms with Crippen LogP contribution >= 0.6 is 0 Å². The number of amides is 1. The predicted molar refractivity (Wildman–Crippen MR) is 107 cm³/mol. The van der Waals surface area contributed by atoms with Gasteiger partial charge in [-0.3, -0.25) is 20.5 Å². The van der Waals surface area contributed by atoms with Crippen molar-refractivity contribution in [3.8, 4) is 5.75 Å². The third kappa shape index (κ3) is 3.76. The summed E-state index contributed by atoms with van der Waals surface area (Å²) >= 11 is 0. The van der Waals surface area contributed by atoms with Gasteiger partial charge in [0.05, 0.1) is 37.6 Å². The van der Waals surface area contributed by atoms with Gasteiger partial charge in [-0.25, -0.2) is 9.79 Å². The van der Waals surface area contributed by atoms with E-state index in [1.165, 1.54) is 4.90 Å². The number of nitrogens with zero attached hydrogens (tertiary/aromatic N) is 2. The molecule has 30 heavy (non-hydrogen) atoms. The number of ether oxygens (including phenoxy) is 3. The lowest BCUT2D eigenvalue weighted by atomic mass is 9.93. The van der Waals surface area contributed by atoms with E-state index >= 15 is 0 Å². The molecule has 1 unspecified atom stereocenters. The first kappa shape index (κ1) is 21.0. The summed E-state index contributed by atoms with van der Waals surface area (Å²) in [6.07, 6.45) is 0. The average Bonchev–Trinajstić information content (AvgIpc) is 2.73. The number of rotatable bonds is 6. The fourth-order valence-electron chi connectivity index (χ4n) is 3.30. The van der Waals surface area contributed by atoms with E-state index in [0.29, 0.717) is 17.0 Å². The Morgan fingerprint density at radius 3 is 2.43 bits per heavy atom. The topological polar surface area (TPSA) is 122 Å². The molecule has 1 saturated heterocycles. The molecule has 1 aromatic rings. The summed E-state index contributed by atoms with van der Waals surface area (Å²) in [6.45, 7) is 5.37. The van der Waals surface area contributed by atoms with Gasteiger partial charge in [0.25, 0.3) is 5.91 Å². The van der Waals surface area contributed by atoms with Crippen LogP contribution in [0.15, 0.2) is 52.2 Å². The summed E-state index contributed by atoms with van der Waals surface area (Å²) in [6, 6.07) is 6.20. The fourth-order valence-corrected chi connectivity index (χ4v) is 3.30. The molecule has 2 aliphatic rings. The van der Waals surface area contributed by atoms with Crippen molar-refractivity contribution in [2.45, 2.75) is 26.8 Å². The Bertz CT molecular complexity index is 935. The Balaban J connectivity index is 2.23. The number of hydrogen-bond donors (Lipinski definition) is 3. The number of aliphatic hydroxyl groups is 1. The highest BCUT2D eigenvalue weighted by Gasteiger charge is 2.44. The summed E-state index contributed by atoms with van der Waals surface area (Å²) in [7, 11) is 1.55. The predicted octanol–water partition coefficient (Wildman–Crippen LogP) is 1.64. The highest BCUT2D eigenvalue weighted by molar-refractivity contribution is 6.05. The molecule has 0 aromatic heterocycles. The van der Waals surface area contributed by atoms with Gasteiger partial charge in [0.2, 0.25) is 5.96 Å². The number of guanidine groups is 1. The highest BCUT2D eigenvalue weighted by Crippen LogP contribution is 2.39. The Labute approximate surface area is 173 Å². The van der Waals surface area contributed by atoms with Gasteiger partial charge in [-0.2, -0.15) is 0 Å². The Kier molecular flexibility index (Phi) is 6.14. The highest BCUT2D eigenvalue weighted by atomic mass is 16.6. The number of hydrazine groups is 1. The van der Waals surface area contributed by atoms with Gasteiger partial charge >= 0.3 is 11.9 Å². The summed E-state index contributed by atoms with van der Waals surface area (Å²) in [4.78, 5) is 31.3. The minimum absolute atomic E-state index is 0.142. The quantitative estimate of drug-likeness (QED) is 0.364. The summed E-state index contributed by atoms with van der Waals surface area (Å²) < 4.78 is 15.7. The first-order valence-electron chi connectivity index (χ1n) is 9.45. The van der Waals surface area contributed by atoms with Crippen molar-refractivity contribution < 1.29 is 28.9 Å². The van der Waals surface area contributed by atoms with E-state index in [1.807, 2.05) is 0 Å². The smallest absolute Gasteiger partial charge is 0.338 e. The van der Waals surface area contributed by atoms with Crippen LogP contribution in [0.5, 0.6) is 5.75 Å². The number of aliphatic hydroxyl groups excluding tert-OH is 1. The SMILES string of the molecule is CCOC(=O)C1=C(C)N=C2NNC(=O)/C(=C(/O)OCC)N2C1c1ccc(OC)cc1. The van der Waals surface area contributed by atoms with Gasteiger partial charge in [0.1, 0.15) is 5.75 Å². The molecule has 0 aliphatic carbocycles. The second-order valence-corrected chi connectivity index (χ2v) is 6.37. The van der Waals surface area contributed by atoms with Gasteiger partial charge in [-0.15, -0.1) is 0 Å². The first-order valence-corrected chi connectivity index (χ1v) is 9.45. The molecule has 0 spiro atoms. The molecule has 1 amide bonds. The van der Waals surface area contributed by atoms with E-state index in [2.05, 4.69) is 15.8 Å². The molecule has 0 saturated carbocycles. The Morgan fingerprint density at radius 2 is 1.83 bits per heavy atom. The monoisotopic (exact) mass is 416 g/mol. The Hall–Kier alpha value is -3.69. The molecule has 1 atom stereocenters. The minimum atomic E-state index is -0.807. The van der Waals surface area contributed by atoms with E-state index in [4.69, 9.17) is 14.2 Å². The summed E-state index contributed by atoms with van der Waals surface area (Å²) in [5, 5.41) is 10.4. The van der Waals surface area contributed by atoms with Gasteiger partial charge < -0.3 is 19.3 Å². The largest absolute Gasteiger partial charge is 0.497 e. The molecule has 10 heteroatoms. The van der Waals surface area contributed by atoms with Crippen LogP contribution in [0.1, 0.15) is 32.4 Å². The van der Waals surface area contributed by atoms with Crippen LogP contribution in [0.3, 0.4) is 0 Å².